The van der Waals surface area contributed by atoms with Crippen molar-refractivity contribution in [3.05, 3.63) is 40.3 Å². The van der Waals surface area contributed by atoms with E-state index in [9.17, 15) is 13.5 Å². The monoisotopic (exact) mass is 392 g/mol. The molecule has 4 rings (SSSR count). The normalized spacial score (nSPS) is 21.7. The van der Waals surface area contributed by atoms with E-state index in [1.54, 1.807) is 29.1 Å². The van der Waals surface area contributed by atoms with Crippen LogP contribution in [0.2, 0.25) is 0 Å². The van der Waals surface area contributed by atoms with Gasteiger partial charge in [-0.05, 0) is 35.4 Å². The number of sulfonamides is 1. The number of aliphatic hydroxyl groups excluding tert-OH is 1. The zero-order valence-electron chi connectivity index (χ0n) is 14.5. The number of hydrogen-bond donors (Lipinski definition) is 1. The quantitative estimate of drug-likeness (QED) is 0.731. The average Bonchev–Trinajstić information content (AvgIpc) is 3.34. The Kier molecular flexibility index (Phi) is 4.34. The van der Waals surface area contributed by atoms with E-state index in [1.165, 1.54) is 10.5 Å². The molecule has 1 fully saturated rings. The van der Waals surface area contributed by atoms with E-state index in [2.05, 4.69) is 10.1 Å². The van der Waals surface area contributed by atoms with Crippen LogP contribution in [0.25, 0.3) is 11.0 Å². The number of hydrogen-bond acceptors (Lipinski definition) is 6. The second-order valence-corrected chi connectivity index (χ2v) is 9.40. The van der Waals surface area contributed by atoms with Gasteiger partial charge in [0.2, 0.25) is 10.0 Å². The summed E-state index contributed by atoms with van der Waals surface area (Å²) in [6.07, 6.45) is 1.39. The first-order chi connectivity index (χ1) is 12.4. The molecule has 0 amide bonds. The topological polar surface area (TPSA) is 88.3 Å². The molecule has 1 N–H and O–H groups in total. The molecule has 3 aromatic rings. The molecule has 7 nitrogen and oxygen atoms in total. The van der Waals surface area contributed by atoms with Gasteiger partial charge in [0, 0.05) is 50.2 Å². The summed E-state index contributed by atoms with van der Waals surface area (Å²) in [5, 5.41) is 18.8. The summed E-state index contributed by atoms with van der Waals surface area (Å²) in [5.74, 6) is -0.0889. The van der Waals surface area contributed by atoms with Crippen LogP contribution in [-0.2, 0) is 17.1 Å². The Morgan fingerprint density at radius 1 is 1.38 bits per heavy atom. The molecule has 0 aromatic carbocycles. The van der Waals surface area contributed by atoms with E-state index < -0.39 is 10.0 Å². The van der Waals surface area contributed by atoms with Gasteiger partial charge in [-0.1, -0.05) is 0 Å². The van der Waals surface area contributed by atoms with E-state index in [0.29, 0.717) is 18.7 Å². The predicted molar refractivity (Wildman–Crippen MR) is 99.6 cm³/mol. The van der Waals surface area contributed by atoms with Gasteiger partial charge in [-0.2, -0.15) is 20.7 Å². The highest BCUT2D eigenvalue weighted by molar-refractivity contribution is 7.89. The Morgan fingerprint density at radius 2 is 2.19 bits per heavy atom. The molecule has 9 heteroatoms. The first-order valence-electron chi connectivity index (χ1n) is 8.34. The van der Waals surface area contributed by atoms with Crippen LogP contribution in [0.15, 0.2) is 34.0 Å². The van der Waals surface area contributed by atoms with Gasteiger partial charge in [0.05, 0.1) is 5.69 Å². The summed E-state index contributed by atoms with van der Waals surface area (Å²) in [6.45, 7) is 2.48. The Morgan fingerprint density at radius 3 is 2.88 bits per heavy atom. The van der Waals surface area contributed by atoms with Gasteiger partial charge >= 0.3 is 0 Å². The van der Waals surface area contributed by atoms with Crippen LogP contribution in [0.5, 0.6) is 0 Å². The molecule has 1 aliphatic rings. The molecule has 0 bridgehead atoms. The second kappa shape index (κ2) is 6.41. The zero-order chi connectivity index (χ0) is 18.5. The molecule has 2 atom stereocenters. The van der Waals surface area contributed by atoms with E-state index in [1.807, 2.05) is 23.8 Å². The lowest BCUT2D eigenvalue weighted by Gasteiger charge is -2.16. The summed E-state index contributed by atoms with van der Waals surface area (Å²) in [6, 6.07) is 3.65. The van der Waals surface area contributed by atoms with Gasteiger partial charge in [-0.3, -0.25) is 4.68 Å². The first-order valence-corrected chi connectivity index (χ1v) is 10.7. The lowest BCUT2D eigenvalue weighted by atomic mass is 9.92. The maximum absolute atomic E-state index is 13.2. The van der Waals surface area contributed by atoms with E-state index in [4.69, 9.17) is 0 Å². The third-order valence-corrected chi connectivity index (χ3v) is 7.59. The molecule has 26 heavy (non-hydrogen) atoms. The lowest BCUT2D eigenvalue weighted by molar-refractivity contribution is 0.223. The molecule has 1 aliphatic heterocycles. The Balaban J connectivity index is 1.69. The number of aliphatic hydroxyl groups is 1. The van der Waals surface area contributed by atoms with Gasteiger partial charge in [0.25, 0.3) is 0 Å². The third kappa shape index (κ3) is 2.75. The molecule has 1 saturated heterocycles. The van der Waals surface area contributed by atoms with Gasteiger partial charge in [-0.25, -0.2) is 13.4 Å². The van der Waals surface area contributed by atoms with Crippen molar-refractivity contribution in [2.24, 2.45) is 13.0 Å². The maximum atomic E-state index is 13.2. The second-order valence-electron chi connectivity index (χ2n) is 6.68. The van der Waals surface area contributed by atoms with E-state index in [-0.39, 0.29) is 23.3 Å². The van der Waals surface area contributed by atoms with Crippen LogP contribution < -0.4 is 0 Å². The highest BCUT2D eigenvalue weighted by Crippen LogP contribution is 2.36. The van der Waals surface area contributed by atoms with Crippen molar-refractivity contribution in [2.75, 3.05) is 19.7 Å². The van der Waals surface area contributed by atoms with Crippen molar-refractivity contribution < 1.29 is 13.5 Å². The van der Waals surface area contributed by atoms with Crippen LogP contribution >= 0.6 is 11.3 Å². The average molecular weight is 393 g/mol. The van der Waals surface area contributed by atoms with Crippen LogP contribution in [0.3, 0.4) is 0 Å². The summed E-state index contributed by atoms with van der Waals surface area (Å²) >= 11 is 1.58. The molecule has 0 spiro atoms. The summed E-state index contributed by atoms with van der Waals surface area (Å²) in [4.78, 5) is 4.46. The van der Waals surface area contributed by atoms with Crippen LogP contribution in [0, 0.1) is 12.8 Å². The SMILES string of the molecule is Cc1nn(C)c2ncc(S(=O)(=O)N3C[C@@H](CO)[C@H](c4ccsc4)C3)cc12. The van der Waals surface area contributed by atoms with Crippen molar-refractivity contribution in [3.63, 3.8) is 0 Å². The van der Waals surface area contributed by atoms with Crippen molar-refractivity contribution >= 4 is 32.4 Å². The molecule has 0 radical (unpaired) electrons. The fraction of sp³-hybridized carbons (Fsp3) is 0.412. The van der Waals surface area contributed by atoms with Gasteiger partial charge in [0.1, 0.15) is 4.90 Å². The highest BCUT2D eigenvalue weighted by atomic mass is 32.2. The lowest BCUT2D eigenvalue weighted by Crippen LogP contribution is -2.29. The number of fused-ring (bicyclic) bond motifs is 1. The van der Waals surface area contributed by atoms with Gasteiger partial charge in [0.15, 0.2) is 5.65 Å². The summed E-state index contributed by atoms with van der Waals surface area (Å²) in [7, 11) is -1.89. The molecule has 138 valence electrons. The van der Waals surface area contributed by atoms with Crippen molar-refractivity contribution in [1.82, 2.24) is 19.1 Å². The summed E-state index contributed by atoms with van der Waals surface area (Å²) < 4.78 is 29.4. The molecule has 0 saturated carbocycles. The standard InChI is InChI=1S/C17H20N4O3S2/c1-11-15-5-14(6-18-17(15)20(2)19-11)26(23,24)21-7-13(9-22)16(8-21)12-3-4-25-10-12/h3-6,10,13,16,22H,7-9H2,1-2H3/t13-,16-/m0/s1. The first kappa shape index (κ1) is 17.6. The highest BCUT2D eigenvalue weighted by Gasteiger charge is 2.40. The number of aryl methyl sites for hydroxylation is 2. The van der Waals surface area contributed by atoms with E-state index >= 15 is 0 Å². The molecule has 3 aromatic heterocycles. The molecular weight excluding hydrogens is 372 g/mol. The van der Waals surface area contributed by atoms with Crippen molar-refractivity contribution in [3.8, 4) is 0 Å². The van der Waals surface area contributed by atoms with Crippen molar-refractivity contribution in [1.29, 1.82) is 0 Å². The number of rotatable bonds is 4. The number of aromatic nitrogens is 3. The van der Waals surface area contributed by atoms with Gasteiger partial charge < -0.3 is 5.11 Å². The number of nitrogens with zero attached hydrogens (tertiary/aromatic N) is 4. The number of thiophene rings is 1. The maximum Gasteiger partial charge on any atom is 0.244 e. The molecular formula is C17H20N4O3S2. The zero-order valence-corrected chi connectivity index (χ0v) is 16.2. The van der Waals surface area contributed by atoms with Crippen molar-refractivity contribution in [2.45, 2.75) is 17.7 Å². The fourth-order valence-corrected chi connectivity index (χ4v) is 5.88. The Labute approximate surface area is 156 Å². The third-order valence-electron chi connectivity index (χ3n) is 5.09. The summed E-state index contributed by atoms with van der Waals surface area (Å²) in [5.41, 5.74) is 2.49. The van der Waals surface area contributed by atoms with E-state index in [0.717, 1.165) is 16.6 Å². The predicted octanol–water partition coefficient (Wildman–Crippen LogP) is 1.73. The number of pyridine rings is 1. The molecule has 4 heterocycles. The van der Waals surface area contributed by atoms with Crippen LogP contribution in [0.1, 0.15) is 17.2 Å². The Bertz CT molecular complexity index is 1040. The van der Waals surface area contributed by atoms with Gasteiger partial charge in [-0.15, -0.1) is 0 Å². The van der Waals surface area contributed by atoms with Crippen LogP contribution in [0.4, 0.5) is 0 Å². The molecule has 0 aliphatic carbocycles. The largest absolute Gasteiger partial charge is 0.396 e. The minimum Gasteiger partial charge on any atom is -0.396 e. The Hall–Kier alpha value is -1.81. The minimum atomic E-state index is -3.68. The fourth-order valence-electron chi connectivity index (χ4n) is 3.66. The minimum absolute atomic E-state index is 0.0119. The molecule has 0 unspecified atom stereocenters. The van der Waals surface area contributed by atoms with Crippen LogP contribution in [-0.4, -0.2) is 52.3 Å². The smallest absolute Gasteiger partial charge is 0.244 e.